The third-order valence-electron chi connectivity index (χ3n) is 5.11. The first kappa shape index (κ1) is 18.0. The van der Waals surface area contributed by atoms with Crippen LogP contribution in [-0.4, -0.2) is 35.7 Å². The van der Waals surface area contributed by atoms with Crippen LogP contribution in [0.1, 0.15) is 12.5 Å². The molecule has 0 aliphatic carbocycles. The normalized spacial score (nSPS) is 15.5. The lowest BCUT2D eigenvalue weighted by molar-refractivity contribution is -0.119. The molecule has 144 valence electrons. The first-order valence-corrected chi connectivity index (χ1v) is 9.04. The average molecular weight is 379 g/mol. The second-order valence-electron chi connectivity index (χ2n) is 6.85. The summed E-state index contributed by atoms with van der Waals surface area (Å²) in [5, 5.41) is 0.378. The summed E-state index contributed by atoms with van der Waals surface area (Å²) in [4.78, 5) is 32.0. The molecule has 0 saturated carbocycles. The van der Waals surface area contributed by atoms with Crippen molar-refractivity contribution < 1.29 is 14.3 Å². The Kier molecular flexibility index (Phi) is 4.50. The molecule has 0 bridgehead atoms. The standard InChI is InChI=1S/C21H21N3O4/c1-13-8-14-6-4-5-7-17(14)24(13)20(25)11-23-12-22-16-10-19(28-3)18(27-2)9-15(16)21(23)26/h4-7,9-10,12-13H,8,11H2,1-3H3. The number of hydrogen-bond donors (Lipinski definition) is 0. The summed E-state index contributed by atoms with van der Waals surface area (Å²) in [5.74, 6) is 0.805. The van der Waals surface area contributed by atoms with E-state index < -0.39 is 0 Å². The van der Waals surface area contributed by atoms with Crippen LogP contribution in [0.15, 0.2) is 47.5 Å². The van der Waals surface area contributed by atoms with Gasteiger partial charge in [-0.1, -0.05) is 18.2 Å². The lowest BCUT2D eigenvalue weighted by Crippen LogP contribution is -2.40. The Hall–Kier alpha value is -3.35. The first-order chi connectivity index (χ1) is 13.5. The van der Waals surface area contributed by atoms with E-state index in [4.69, 9.17) is 9.47 Å². The Morgan fingerprint density at radius 1 is 1.18 bits per heavy atom. The van der Waals surface area contributed by atoms with Crippen molar-refractivity contribution in [3.8, 4) is 11.5 Å². The minimum atomic E-state index is -0.292. The summed E-state index contributed by atoms with van der Waals surface area (Å²) in [5.41, 5.74) is 2.25. The van der Waals surface area contributed by atoms with E-state index in [1.54, 1.807) is 17.0 Å². The predicted molar refractivity (Wildman–Crippen MR) is 106 cm³/mol. The minimum Gasteiger partial charge on any atom is -0.493 e. The molecule has 1 aromatic heterocycles. The molecule has 1 amide bonds. The van der Waals surface area contributed by atoms with Gasteiger partial charge in [-0.3, -0.25) is 14.2 Å². The van der Waals surface area contributed by atoms with Crippen molar-refractivity contribution in [3.05, 3.63) is 58.6 Å². The van der Waals surface area contributed by atoms with Crippen LogP contribution in [0, 0.1) is 0 Å². The number of amides is 1. The first-order valence-electron chi connectivity index (χ1n) is 9.04. The number of carbonyl (C=O) groups excluding carboxylic acids is 1. The van der Waals surface area contributed by atoms with Crippen LogP contribution in [0.3, 0.4) is 0 Å². The number of methoxy groups -OCH3 is 2. The third-order valence-corrected chi connectivity index (χ3v) is 5.11. The average Bonchev–Trinajstić information content (AvgIpc) is 3.05. The van der Waals surface area contributed by atoms with Crippen LogP contribution in [0.25, 0.3) is 10.9 Å². The van der Waals surface area contributed by atoms with Gasteiger partial charge < -0.3 is 14.4 Å². The van der Waals surface area contributed by atoms with Crippen LogP contribution < -0.4 is 19.9 Å². The highest BCUT2D eigenvalue weighted by Crippen LogP contribution is 2.32. The van der Waals surface area contributed by atoms with Gasteiger partial charge in [0.05, 0.1) is 31.4 Å². The third kappa shape index (κ3) is 2.89. The van der Waals surface area contributed by atoms with E-state index in [1.165, 1.54) is 25.1 Å². The molecule has 7 nitrogen and oxygen atoms in total. The largest absolute Gasteiger partial charge is 0.493 e. The van der Waals surface area contributed by atoms with Crippen molar-refractivity contribution in [2.75, 3.05) is 19.1 Å². The highest BCUT2D eigenvalue weighted by atomic mass is 16.5. The molecule has 3 aromatic rings. The molecule has 0 spiro atoms. The molecule has 4 rings (SSSR count). The predicted octanol–water partition coefficient (Wildman–Crippen LogP) is 2.39. The number of rotatable bonds is 4. The molecule has 28 heavy (non-hydrogen) atoms. The number of para-hydroxylation sites is 1. The van der Waals surface area contributed by atoms with Gasteiger partial charge in [-0.25, -0.2) is 4.98 Å². The van der Waals surface area contributed by atoms with Gasteiger partial charge in [-0.15, -0.1) is 0 Å². The van der Waals surface area contributed by atoms with Crippen molar-refractivity contribution in [1.82, 2.24) is 9.55 Å². The molecule has 7 heteroatoms. The maximum atomic E-state index is 13.0. The van der Waals surface area contributed by atoms with E-state index in [0.29, 0.717) is 22.4 Å². The van der Waals surface area contributed by atoms with Gasteiger partial charge >= 0.3 is 0 Å². The summed E-state index contributed by atoms with van der Waals surface area (Å²) >= 11 is 0. The zero-order valence-corrected chi connectivity index (χ0v) is 16.0. The fourth-order valence-electron chi connectivity index (χ4n) is 3.77. The van der Waals surface area contributed by atoms with E-state index in [2.05, 4.69) is 4.98 Å². The molecule has 2 heterocycles. The molecule has 0 fully saturated rings. The van der Waals surface area contributed by atoms with Crippen LogP contribution in [0.2, 0.25) is 0 Å². The number of nitrogens with zero attached hydrogens (tertiary/aromatic N) is 3. The van der Waals surface area contributed by atoms with Crippen molar-refractivity contribution in [2.24, 2.45) is 0 Å². The quantitative estimate of drug-likeness (QED) is 0.696. The van der Waals surface area contributed by atoms with Gasteiger partial charge in [-0.2, -0.15) is 0 Å². The maximum absolute atomic E-state index is 13.0. The number of fused-ring (bicyclic) bond motifs is 2. The van der Waals surface area contributed by atoms with Crippen molar-refractivity contribution in [1.29, 1.82) is 0 Å². The zero-order valence-electron chi connectivity index (χ0n) is 16.0. The molecular weight excluding hydrogens is 358 g/mol. The zero-order chi connectivity index (χ0) is 19.8. The number of anilines is 1. The SMILES string of the molecule is COc1cc2ncn(CC(=O)N3c4ccccc4CC3C)c(=O)c2cc1OC. The van der Waals surface area contributed by atoms with Gasteiger partial charge in [0.2, 0.25) is 5.91 Å². The second-order valence-corrected chi connectivity index (χ2v) is 6.85. The fourth-order valence-corrected chi connectivity index (χ4v) is 3.77. The molecule has 0 radical (unpaired) electrons. The minimum absolute atomic E-state index is 0.0540. The molecular formula is C21H21N3O4. The summed E-state index contributed by atoms with van der Waals surface area (Å²) in [6.07, 6.45) is 2.21. The van der Waals surface area contributed by atoms with Gasteiger partial charge in [0.1, 0.15) is 6.54 Å². The summed E-state index contributed by atoms with van der Waals surface area (Å²) < 4.78 is 11.9. The second kappa shape index (κ2) is 6.99. The van der Waals surface area contributed by atoms with Gasteiger partial charge in [-0.05, 0) is 31.0 Å². The van der Waals surface area contributed by atoms with E-state index in [-0.39, 0.29) is 24.1 Å². The highest BCUT2D eigenvalue weighted by molar-refractivity contribution is 5.96. The van der Waals surface area contributed by atoms with Crippen LogP contribution in [-0.2, 0) is 17.8 Å². The van der Waals surface area contributed by atoms with Crippen molar-refractivity contribution >= 4 is 22.5 Å². The molecule has 1 unspecified atom stereocenters. The highest BCUT2D eigenvalue weighted by Gasteiger charge is 2.30. The molecule has 0 N–H and O–H groups in total. The fraction of sp³-hybridized carbons (Fsp3) is 0.286. The molecule has 2 aromatic carbocycles. The Bertz CT molecular complexity index is 1120. The Balaban J connectivity index is 1.69. The van der Waals surface area contributed by atoms with E-state index >= 15 is 0 Å². The van der Waals surface area contributed by atoms with E-state index in [9.17, 15) is 9.59 Å². The monoisotopic (exact) mass is 379 g/mol. The van der Waals surface area contributed by atoms with Crippen LogP contribution >= 0.6 is 0 Å². The van der Waals surface area contributed by atoms with Crippen molar-refractivity contribution in [3.63, 3.8) is 0 Å². The van der Waals surface area contributed by atoms with Crippen molar-refractivity contribution in [2.45, 2.75) is 25.9 Å². The number of ether oxygens (including phenoxy) is 2. The summed E-state index contributed by atoms with van der Waals surface area (Å²) in [6, 6.07) is 11.2. The lowest BCUT2D eigenvalue weighted by Gasteiger charge is -2.23. The number of aromatic nitrogens is 2. The molecule has 1 atom stereocenters. The Labute approximate surface area is 162 Å². The molecule has 1 aliphatic rings. The van der Waals surface area contributed by atoms with Gasteiger partial charge in [0.25, 0.3) is 5.56 Å². The number of hydrogen-bond acceptors (Lipinski definition) is 5. The lowest BCUT2D eigenvalue weighted by atomic mass is 10.1. The van der Waals surface area contributed by atoms with Crippen LogP contribution in [0.5, 0.6) is 11.5 Å². The Morgan fingerprint density at radius 2 is 1.89 bits per heavy atom. The molecule has 0 saturated heterocycles. The van der Waals surface area contributed by atoms with Gasteiger partial charge in [0.15, 0.2) is 11.5 Å². The Morgan fingerprint density at radius 3 is 2.64 bits per heavy atom. The van der Waals surface area contributed by atoms with E-state index in [0.717, 1.165) is 17.7 Å². The van der Waals surface area contributed by atoms with Gasteiger partial charge in [0, 0.05) is 17.8 Å². The van der Waals surface area contributed by atoms with E-state index in [1.807, 2.05) is 31.2 Å². The number of benzene rings is 2. The van der Waals surface area contributed by atoms with Crippen LogP contribution in [0.4, 0.5) is 5.69 Å². The topological polar surface area (TPSA) is 73.7 Å². The smallest absolute Gasteiger partial charge is 0.261 e. The number of carbonyl (C=O) groups is 1. The molecule has 1 aliphatic heterocycles. The maximum Gasteiger partial charge on any atom is 0.261 e. The summed E-state index contributed by atoms with van der Waals surface area (Å²) in [7, 11) is 3.03. The summed E-state index contributed by atoms with van der Waals surface area (Å²) in [6.45, 7) is 1.94.